The van der Waals surface area contributed by atoms with Gasteiger partial charge in [-0.2, -0.15) is 0 Å². The highest BCUT2D eigenvalue weighted by atomic mass is 19.1. The summed E-state index contributed by atoms with van der Waals surface area (Å²) in [5, 5.41) is 0. The number of methoxy groups -OCH3 is 1. The van der Waals surface area contributed by atoms with Crippen LogP contribution in [0.1, 0.15) is 19.3 Å². The number of benzene rings is 1. The molecule has 2 heterocycles. The number of ether oxygens (including phenoxy) is 1. The third kappa shape index (κ3) is 3.50. The van der Waals surface area contributed by atoms with Gasteiger partial charge in [-0.15, -0.1) is 0 Å². The quantitative estimate of drug-likeness (QED) is 0.778. The minimum absolute atomic E-state index is 0.0874. The van der Waals surface area contributed by atoms with E-state index in [0.717, 1.165) is 0 Å². The van der Waals surface area contributed by atoms with E-state index >= 15 is 0 Å². The zero-order valence-corrected chi connectivity index (χ0v) is 14.1. The second kappa shape index (κ2) is 7.21. The molecule has 134 valence electrons. The van der Waals surface area contributed by atoms with Gasteiger partial charge in [0.2, 0.25) is 11.8 Å². The fourth-order valence-electron chi connectivity index (χ4n) is 3.54. The van der Waals surface area contributed by atoms with E-state index in [2.05, 4.69) is 0 Å². The van der Waals surface area contributed by atoms with Gasteiger partial charge in [-0.1, -0.05) is 12.1 Å². The van der Waals surface area contributed by atoms with Crippen molar-refractivity contribution in [3.05, 3.63) is 30.1 Å². The van der Waals surface area contributed by atoms with E-state index in [1.807, 2.05) is 0 Å². The minimum atomic E-state index is -0.471. The van der Waals surface area contributed by atoms with Crippen LogP contribution in [0.4, 0.5) is 10.1 Å². The highest BCUT2D eigenvalue weighted by Crippen LogP contribution is 2.29. The molecule has 0 N–H and O–H groups in total. The molecule has 1 aromatic carbocycles. The maximum atomic E-state index is 13.9. The molecule has 0 saturated carbocycles. The lowest BCUT2D eigenvalue weighted by Gasteiger charge is -2.32. The highest BCUT2D eigenvalue weighted by Gasteiger charge is 2.39. The van der Waals surface area contributed by atoms with Crippen LogP contribution >= 0.6 is 0 Å². The zero-order valence-electron chi connectivity index (χ0n) is 14.1. The Morgan fingerprint density at radius 2 is 1.84 bits per heavy atom. The van der Waals surface area contributed by atoms with Crippen molar-refractivity contribution in [3.8, 4) is 0 Å². The van der Waals surface area contributed by atoms with Crippen LogP contribution in [-0.2, 0) is 19.1 Å². The molecule has 25 heavy (non-hydrogen) atoms. The van der Waals surface area contributed by atoms with Gasteiger partial charge >= 0.3 is 5.97 Å². The van der Waals surface area contributed by atoms with E-state index in [1.54, 1.807) is 23.1 Å². The number of para-hydroxylation sites is 1. The molecule has 0 bridgehead atoms. The van der Waals surface area contributed by atoms with E-state index in [4.69, 9.17) is 4.74 Å². The summed E-state index contributed by atoms with van der Waals surface area (Å²) in [5.41, 5.74) is 0.215. The van der Waals surface area contributed by atoms with Crippen LogP contribution in [0.3, 0.4) is 0 Å². The summed E-state index contributed by atoms with van der Waals surface area (Å²) in [5.74, 6) is -1.70. The van der Waals surface area contributed by atoms with Gasteiger partial charge in [0.25, 0.3) is 0 Å². The fraction of sp³-hybridized carbons (Fsp3) is 0.500. The van der Waals surface area contributed by atoms with Crippen molar-refractivity contribution in [1.29, 1.82) is 0 Å². The summed E-state index contributed by atoms with van der Waals surface area (Å²) in [6, 6.07) is 6.07. The number of esters is 1. The van der Waals surface area contributed by atoms with Crippen molar-refractivity contribution in [3.63, 3.8) is 0 Å². The molecule has 6 nitrogen and oxygen atoms in total. The van der Waals surface area contributed by atoms with E-state index in [9.17, 15) is 18.8 Å². The Balaban J connectivity index is 1.62. The number of piperidine rings is 1. The van der Waals surface area contributed by atoms with Crippen molar-refractivity contribution in [1.82, 2.24) is 4.90 Å². The maximum Gasteiger partial charge on any atom is 0.308 e. The molecule has 2 aliphatic heterocycles. The number of rotatable bonds is 3. The lowest BCUT2D eigenvalue weighted by atomic mass is 9.95. The molecule has 7 heteroatoms. The fourth-order valence-corrected chi connectivity index (χ4v) is 3.54. The maximum absolute atomic E-state index is 13.9. The number of nitrogens with zero attached hydrogens (tertiary/aromatic N) is 2. The Morgan fingerprint density at radius 1 is 1.16 bits per heavy atom. The third-order valence-electron chi connectivity index (χ3n) is 4.96. The molecule has 2 amide bonds. The van der Waals surface area contributed by atoms with Crippen molar-refractivity contribution >= 4 is 23.5 Å². The highest BCUT2D eigenvalue weighted by molar-refractivity contribution is 6.00. The monoisotopic (exact) mass is 348 g/mol. The van der Waals surface area contributed by atoms with Crippen LogP contribution in [0.5, 0.6) is 0 Å². The Kier molecular flexibility index (Phi) is 5.01. The molecule has 0 unspecified atom stereocenters. The first-order valence-corrected chi connectivity index (χ1v) is 8.42. The van der Waals surface area contributed by atoms with Gasteiger partial charge < -0.3 is 14.5 Å². The van der Waals surface area contributed by atoms with Crippen molar-refractivity contribution in [2.75, 3.05) is 31.6 Å². The lowest BCUT2D eigenvalue weighted by molar-refractivity contribution is -0.149. The van der Waals surface area contributed by atoms with Crippen molar-refractivity contribution in [2.24, 2.45) is 11.8 Å². The molecule has 3 rings (SSSR count). The summed E-state index contributed by atoms with van der Waals surface area (Å²) in [7, 11) is 1.36. The summed E-state index contributed by atoms with van der Waals surface area (Å²) in [6.07, 6.45) is 1.22. The van der Waals surface area contributed by atoms with Gasteiger partial charge in [-0.3, -0.25) is 14.4 Å². The number of likely N-dealkylation sites (tertiary alicyclic amines) is 1. The topological polar surface area (TPSA) is 66.9 Å². The van der Waals surface area contributed by atoms with Crippen molar-refractivity contribution < 1.29 is 23.5 Å². The summed E-state index contributed by atoms with van der Waals surface area (Å²) in [6.45, 7) is 1.14. The Labute approximate surface area is 145 Å². The van der Waals surface area contributed by atoms with Gasteiger partial charge in [0.1, 0.15) is 5.82 Å². The third-order valence-corrected chi connectivity index (χ3v) is 4.96. The number of anilines is 1. The van der Waals surface area contributed by atoms with Crippen LogP contribution in [0, 0.1) is 17.7 Å². The second-order valence-electron chi connectivity index (χ2n) is 6.48. The molecule has 2 fully saturated rings. The average Bonchev–Trinajstić information content (AvgIpc) is 3.02. The Bertz CT molecular complexity index is 685. The Hall–Kier alpha value is -2.44. The van der Waals surface area contributed by atoms with Crippen molar-refractivity contribution in [2.45, 2.75) is 19.3 Å². The smallest absolute Gasteiger partial charge is 0.308 e. The van der Waals surface area contributed by atoms with E-state index in [0.29, 0.717) is 25.9 Å². The molecule has 0 spiro atoms. The average molecular weight is 348 g/mol. The van der Waals surface area contributed by atoms with Gasteiger partial charge in [-0.05, 0) is 25.0 Å². The molecule has 1 atom stereocenters. The van der Waals surface area contributed by atoms with Gasteiger partial charge in [-0.25, -0.2) is 4.39 Å². The molecule has 2 aliphatic rings. The number of carbonyl (C=O) groups excluding carboxylic acids is 3. The van der Waals surface area contributed by atoms with Crippen LogP contribution in [0.25, 0.3) is 0 Å². The minimum Gasteiger partial charge on any atom is -0.469 e. The van der Waals surface area contributed by atoms with Crippen LogP contribution in [-0.4, -0.2) is 49.4 Å². The zero-order chi connectivity index (χ0) is 18.0. The molecule has 2 saturated heterocycles. The van der Waals surface area contributed by atoms with E-state index in [1.165, 1.54) is 18.1 Å². The molecule has 0 aromatic heterocycles. The van der Waals surface area contributed by atoms with Crippen LogP contribution in [0.2, 0.25) is 0 Å². The second-order valence-corrected chi connectivity index (χ2v) is 6.48. The van der Waals surface area contributed by atoms with Gasteiger partial charge in [0.15, 0.2) is 0 Å². The van der Waals surface area contributed by atoms with Gasteiger partial charge in [0.05, 0.1) is 24.6 Å². The van der Waals surface area contributed by atoms with Crippen LogP contribution in [0.15, 0.2) is 24.3 Å². The number of hydrogen-bond acceptors (Lipinski definition) is 4. The standard InChI is InChI=1S/C18H21FN2O4/c1-25-18(24)12-6-8-20(9-7-12)17(23)13-10-16(22)21(11-13)15-5-3-2-4-14(15)19/h2-5,12-13H,6-11H2,1H3/t13-/m0/s1. The molecule has 0 radical (unpaired) electrons. The predicted molar refractivity (Wildman–Crippen MR) is 88.2 cm³/mol. The molecular weight excluding hydrogens is 327 g/mol. The summed E-state index contributed by atoms with van der Waals surface area (Å²) in [4.78, 5) is 39.5. The molecule has 0 aliphatic carbocycles. The summed E-state index contributed by atoms with van der Waals surface area (Å²) < 4.78 is 18.7. The predicted octanol–water partition coefficient (Wildman–Crippen LogP) is 1.59. The lowest BCUT2D eigenvalue weighted by Crippen LogP contribution is -2.43. The van der Waals surface area contributed by atoms with E-state index in [-0.39, 0.29) is 42.4 Å². The summed E-state index contributed by atoms with van der Waals surface area (Å²) >= 11 is 0. The largest absolute Gasteiger partial charge is 0.469 e. The first-order chi connectivity index (χ1) is 12.0. The van der Waals surface area contributed by atoms with Gasteiger partial charge in [0, 0.05) is 26.1 Å². The number of halogens is 1. The number of amides is 2. The first kappa shape index (κ1) is 17.4. The van der Waals surface area contributed by atoms with Crippen LogP contribution < -0.4 is 4.90 Å². The number of hydrogen-bond donors (Lipinski definition) is 0. The SMILES string of the molecule is COC(=O)C1CCN(C(=O)[C@H]2CC(=O)N(c3ccccc3F)C2)CC1. The molecular formula is C18H21FN2O4. The molecule has 1 aromatic rings. The first-order valence-electron chi connectivity index (χ1n) is 8.42. The normalized spacial score (nSPS) is 21.5. The number of carbonyl (C=O) groups is 3. The van der Waals surface area contributed by atoms with E-state index < -0.39 is 11.7 Å². The Morgan fingerprint density at radius 3 is 2.48 bits per heavy atom.